The summed E-state index contributed by atoms with van der Waals surface area (Å²) in [4.78, 5) is 0. The second-order valence-corrected chi connectivity index (χ2v) is 17.0. The molecule has 0 heterocycles. The molecule has 0 saturated heterocycles. The maximum atomic E-state index is 5.75. The van der Waals surface area contributed by atoms with Crippen molar-refractivity contribution in [2.24, 2.45) is 0 Å². The van der Waals surface area contributed by atoms with Gasteiger partial charge in [0.25, 0.3) is 0 Å². The molecule has 11 heavy (non-hydrogen) atoms. The van der Waals surface area contributed by atoms with Crippen LogP contribution in [-0.4, -0.2) is 13.4 Å². The van der Waals surface area contributed by atoms with E-state index in [9.17, 15) is 0 Å². The van der Waals surface area contributed by atoms with Crippen LogP contribution in [0, 0.1) is 0 Å². The van der Waals surface area contributed by atoms with Gasteiger partial charge in [-0.2, -0.15) is 22.2 Å². The molecule has 0 bridgehead atoms. The van der Waals surface area contributed by atoms with E-state index in [1.54, 1.807) is 0 Å². The van der Waals surface area contributed by atoms with Crippen molar-refractivity contribution in [1.82, 2.24) is 0 Å². The highest BCUT2D eigenvalue weighted by Gasteiger charge is 2.26. The molecule has 0 amide bonds. The molecule has 0 rings (SSSR count). The average molecular weight is 291 g/mol. The third-order valence-corrected chi connectivity index (χ3v) is 7.64. The summed E-state index contributed by atoms with van der Waals surface area (Å²) in [6.07, 6.45) is 0.840. The second-order valence-electron chi connectivity index (χ2n) is 2.47. The Bertz CT molecular complexity index is 112. The predicted molar refractivity (Wildman–Crippen MR) is 61.0 cm³/mol. The summed E-state index contributed by atoms with van der Waals surface area (Å²) < 4.78 is 0. The van der Waals surface area contributed by atoms with Crippen molar-refractivity contribution in [3.05, 3.63) is 0 Å². The fraction of sp³-hybridized carbons (Fsp3) is 1.00. The van der Waals surface area contributed by atoms with E-state index in [1.165, 1.54) is 0 Å². The van der Waals surface area contributed by atoms with Gasteiger partial charge in [0.15, 0.2) is 0 Å². The molecule has 0 spiro atoms. The summed E-state index contributed by atoms with van der Waals surface area (Å²) in [6, 6.07) is -1.79. The third-order valence-electron chi connectivity index (χ3n) is 1.31. The molecular weight excluding hydrogens is 281 g/mol. The lowest BCUT2D eigenvalue weighted by molar-refractivity contribution is 0.868. The van der Waals surface area contributed by atoms with E-state index in [2.05, 4.69) is 0 Å². The molecule has 0 saturated carbocycles. The normalized spacial score (nSPS) is 15.5. The van der Waals surface area contributed by atoms with E-state index >= 15 is 0 Å². The molecular formula is C4H9Cl5Si2. The number of rotatable bonds is 4. The van der Waals surface area contributed by atoms with Gasteiger partial charge in [-0.3, -0.25) is 0 Å². The minimum atomic E-state index is -2.44. The van der Waals surface area contributed by atoms with Crippen molar-refractivity contribution >= 4 is 68.8 Å². The Morgan fingerprint density at radius 3 is 2.00 bits per heavy atom. The molecule has 1 unspecified atom stereocenters. The first-order chi connectivity index (χ1) is 4.83. The SMILES string of the molecule is CC(CC[Si](Cl)(Cl)Cl)[SiH](Cl)Cl. The Balaban J connectivity index is 3.54. The van der Waals surface area contributed by atoms with Crippen molar-refractivity contribution in [2.75, 3.05) is 0 Å². The van der Waals surface area contributed by atoms with E-state index in [0.29, 0.717) is 11.6 Å². The smallest absolute Gasteiger partial charge is 0.150 e. The van der Waals surface area contributed by atoms with Crippen molar-refractivity contribution in [1.29, 1.82) is 0 Å². The lowest BCUT2D eigenvalue weighted by Gasteiger charge is -2.12. The number of hydrogen-bond donors (Lipinski definition) is 0. The van der Waals surface area contributed by atoms with Crippen LogP contribution >= 0.6 is 55.4 Å². The van der Waals surface area contributed by atoms with Crippen LogP contribution in [0.2, 0.25) is 11.6 Å². The zero-order valence-electron chi connectivity index (χ0n) is 5.96. The van der Waals surface area contributed by atoms with Crippen LogP contribution in [0.1, 0.15) is 13.3 Å². The van der Waals surface area contributed by atoms with Crippen LogP contribution in [0.4, 0.5) is 0 Å². The van der Waals surface area contributed by atoms with Crippen LogP contribution in [0.3, 0.4) is 0 Å². The maximum Gasteiger partial charge on any atom is 0.341 e. The van der Waals surface area contributed by atoms with Gasteiger partial charge in [0.2, 0.25) is 7.42 Å². The minimum absolute atomic E-state index is 0.335. The Labute approximate surface area is 93.2 Å². The molecule has 0 nitrogen and oxygen atoms in total. The monoisotopic (exact) mass is 288 g/mol. The van der Waals surface area contributed by atoms with Crippen molar-refractivity contribution in [3.63, 3.8) is 0 Å². The largest absolute Gasteiger partial charge is 0.341 e. The zero-order valence-corrected chi connectivity index (χ0v) is 11.9. The first kappa shape index (κ1) is 12.9. The third kappa shape index (κ3) is 8.22. The Morgan fingerprint density at radius 2 is 1.73 bits per heavy atom. The van der Waals surface area contributed by atoms with Gasteiger partial charge in [0.1, 0.15) is 0 Å². The molecule has 0 aliphatic rings. The van der Waals surface area contributed by atoms with Crippen LogP contribution in [0.25, 0.3) is 0 Å². The lowest BCUT2D eigenvalue weighted by Crippen LogP contribution is -2.12. The van der Waals surface area contributed by atoms with E-state index in [1.807, 2.05) is 6.92 Å². The number of hydrogen-bond acceptors (Lipinski definition) is 0. The van der Waals surface area contributed by atoms with Crippen LogP contribution in [0.15, 0.2) is 0 Å². The van der Waals surface area contributed by atoms with Gasteiger partial charge in [0, 0.05) is 0 Å². The molecule has 0 aromatic carbocycles. The summed E-state index contributed by atoms with van der Waals surface area (Å²) in [5.41, 5.74) is 0.335. The summed E-state index contributed by atoms with van der Waals surface area (Å²) in [5.74, 6) is 0. The van der Waals surface area contributed by atoms with E-state index in [-0.39, 0.29) is 0 Å². The van der Waals surface area contributed by atoms with Gasteiger partial charge in [-0.15, -0.1) is 33.2 Å². The Kier molecular flexibility index (Phi) is 6.54. The first-order valence-electron chi connectivity index (χ1n) is 3.18. The maximum absolute atomic E-state index is 5.75. The molecule has 0 radical (unpaired) electrons. The topological polar surface area (TPSA) is 0 Å². The Hall–Kier alpha value is 1.88. The molecule has 0 aliphatic carbocycles. The highest BCUT2D eigenvalue weighted by Crippen LogP contribution is 2.32. The molecule has 0 N–H and O–H groups in total. The fourth-order valence-electron chi connectivity index (χ4n) is 0.517. The highest BCUT2D eigenvalue weighted by atomic mass is 35.8. The van der Waals surface area contributed by atoms with Gasteiger partial charge in [-0.05, 0) is 11.6 Å². The summed E-state index contributed by atoms with van der Waals surface area (Å²) in [6.45, 7) is 2.00. The molecule has 68 valence electrons. The minimum Gasteiger partial charge on any atom is -0.150 e. The summed E-state index contributed by atoms with van der Waals surface area (Å²) in [7, 11) is -1.56. The van der Waals surface area contributed by atoms with Gasteiger partial charge in [-0.1, -0.05) is 13.3 Å². The standard InChI is InChI=1S/C4H9Cl5Si2/c1-4(10(5)6)2-3-11(7,8)9/h4,10H,2-3H2,1H3. The van der Waals surface area contributed by atoms with Gasteiger partial charge in [0.05, 0.1) is 0 Å². The molecule has 1 atom stereocenters. The lowest BCUT2D eigenvalue weighted by atomic mass is 10.4. The Morgan fingerprint density at radius 1 is 1.27 bits per heavy atom. The van der Waals surface area contributed by atoms with Gasteiger partial charge < -0.3 is 0 Å². The van der Waals surface area contributed by atoms with Crippen molar-refractivity contribution in [2.45, 2.75) is 24.9 Å². The zero-order chi connectivity index (χ0) is 9.07. The van der Waals surface area contributed by atoms with Crippen molar-refractivity contribution in [3.8, 4) is 0 Å². The quantitative estimate of drug-likeness (QED) is 0.540. The summed E-state index contributed by atoms with van der Waals surface area (Å²) >= 11 is 28.5. The second kappa shape index (κ2) is 5.58. The van der Waals surface area contributed by atoms with E-state index in [0.717, 1.165) is 6.42 Å². The molecule has 0 aliphatic heterocycles. The number of halogens is 5. The van der Waals surface area contributed by atoms with Crippen molar-refractivity contribution < 1.29 is 0 Å². The first-order valence-corrected chi connectivity index (χ1v) is 12.6. The van der Waals surface area contributed by atoms with E-state index in [4.69, 9.17) is 55.4 Å². The molecule has 0 aromatic heterocycles. The van der Waals surface area contributed by atoms with Crippen LogP contribution in [-0.2, 0) is 0 Å². The van der Waals surface area contributed by atoms with Gasteiger partial charge in [-0.25, -0.2) is 0 Å². The fourth-order valence-corrected chi connectivity index (χ4v) is 3.79. The highest BCUT2D eigenvalue weighted by molar-refractivity contribution is 7.64. The predicted octanol–water partition coefficient (Wildman–Crippen LogP) is 4.12. The van der Waals surface area contributed by atoms with Crippen LogP contribution in [0.5, 0.6) is 0 Å². The van der Waals surface area contributed by atoms with E-state index < -0.39 is 13.4 Å². The van der Waals surface area contributed by atoms with Gasteiger partial charge >= 0.3 is 6.00 Å². The molecule has 0 aromatic rings. The molecule has 0 fully saturated rings. The average Bonchev–Trinajstić information content (AvgIpc) is 1.80. The van der Waals surface area contributed by atoms with Crippen LogP contribution < -0.4 is 0 Å². The summed E-state index contributed by atoms with van der Waals surface area (Å²) in [5, 5.41) is 0. The molecule has 7 heteroatoms.